The summed E-state index contributed by atoms with van der Waals surface area (Å²) in [4.78, 5) is 12.5. The summed E-state index contributed by atoms with van der Waals surface area (Å²) in [7, 11) is 0. The van der Waals surface area contributed by atoms with Gasteiger partial charge < -0.3 is 14.8 Å². The zero-order valence-electron chi connectivity index (χ0n) is 15.4. The van der Waals surface area contributed by atoms with Crippen LogP contribution in [0.25, 0.3) is 11.0 Å². The monoisotopic (exact) mass is 364 g/mol. The lowest BCUT2D eigenvalue weighted by molar-refractivity contribution is 0.102. The van der Waals surface area contributed by atoms with Crippen molar-refractivity contribution in [2.24, 2.45) is 0 Å². The molecule has 1 amide bonds. The van der Waals surface area contributed by atoms with Gasteiger partial charge >= 0.3 is 0 Å². The van der Waals surface area contributed by atoms with E-state index >= 15 is 0 Å². The summed E-state index contributed by atoms with van der Waals surface area (Å²) in [6.07, 6.45) is 5.23. The molecular formula is C22H24N2O3. The maximum absolute atomic E-state index is 12.5. The molecule has 27 heavy (non-hydrogen) atoms. The fourth-order valence-electron chi connectivity index (χ4n) is 3.05. The first-order chi connectivity index (χ1) is 13.1. The van der Waals surface area contributed by atoms with Crippen LogP contribution in [0.3, 0.4) is 0 Å². The third-order valence-electron chi connectivity index (χ3n) is 4.54. The number of benzene rings is 2. The van der Waals surface area contributed by atoms with Gasteiger partial charge in [0, 0.05) is 17.1 Å². The number of anilines is 1. The van der Waals surface area contributed by atoms with E-state index in [1.807, 2.05) is 24.3 Å². The van der Waals surface area contributed by atoms with Crippen molar-refractivity contribution in [2.75, 3.05) is 5.32 Å². The molecule has 0 spiro atoms. The molecule has 3 N–H and O–H groups in total. The van der Waals surface area contributed by atoms with Gasteiger partial charge in [0.2, 0.25) is 5.55 Å². The summed E-state index contributed by atoms with van der Waals surface area (Å²) in [5.41, 5.74) is 1.82. The Labute approximate surface area is 158 Å². The van der Waals surface area contributed by atoms with Crippen LogP contribution < -0.4 is 10.9 Å². The Morgan fingerprint density at radius 1 is 1.11 bits per heavy atom. The fraction of sp³-hybridized carbons (Fsp3) is 0.273. The van der Waals surface area contributed by atoms with Crippen LogP contribution >= 0.6 is 0 Å². The first-order valence-electron chi connectivity index (χ1n) is 9.29. The summed E-state index contributed by atoms with van der Waals surface area (Å²) >= 11 is 0. The van der Waals surface area contributed by atoms with Gasteiger partial charge in [0.05, 0.1) is 0 Å². The van der Waals surface area contributed by atoms with Crippen LogP contribution in [-0.2, 0) is 6.42 Å². The van der Waals surface area contributed by atoms with Gasteiger partial charge in [-0.1, -0.05) is 44.4 Å². The van der Waals surface area contributed by atoms with E-state index in [9.17, 15) is 9.90 Å². The summed E-state index contributed by atoms with van der Waals surface area (Å²) in [6.45, 7) is 2.16. The molecule has 3 aromatic rings. The van der Waals surface area contributed by atoms with E-state index in [0.29, 0.717) is 16.7 Å². The first kappa shape index (κ1) is 18.7. The van der Waals surface area contributed by atoms with Gasteiger partial charge in [0.25, 0.3) is 5.91 Å². The predicted molar refractivity (Wildman–Crippen MR) is 106 cm³/mol. The fourth-order valence-corrected chi connectivity index (χ4v) is 3.05. The molecule has 3 rings (SSSR count). The van der Waals surface area contributed by atoms with Crippen LogP contribution in [0.1, 0.15) is 48.5 Å². The molecule has 0 saturated heterocycles. The maximum atomic E-state index is 12.5. The second-order valence-electron chi connectivity index (χ2n) is 6.64. The lowest BCUT2D eigenvalue weighted by atomic mass is 10.0. The van der Waals surface area contributed by atoms with Gasteiger partial charge in [-0.3, -0.25) is 10.2 Å². The first-order valence-corrected chi connectivity index (χ1v) is 9.29. The van der Waals surface area contributed by atoms with E-state index in [4.69, 9.17) is 9.83 Å². The van der Waals surface area contributed by atoms with Gasteiger partial charge in [-0.25, -0.2) is 0 Å². The van der Waals surface area contributed by atoms with Gasteiger partial charge in [0.15, 0.2) is 0 Å². The standard InChI is InChI=1S/C22H24N2O3/c1-2-3-4-6-9-15-12-16-13-18(21(23)27-20(16)14-19(15)25)22(26)24-17-10-7-5-8-11-17/h5,7-8,10-14,23,25H,2-4,6,9H2,1H3,(H,24,26). The Bertz CT molecular complexity index is 994. The Morgan fingerprint density at radius 2 is 1.89 bits per heavy atom. The number of amides is 1. The van der Waals surface area contributed by atoms with Crippen molar-refractivity contribution in [3.8, 4) is 5.75 Å². The Hall–Kier alpha value is -3.08. The normalized spacial score (nSPS) is 10.9. The number of para-hydroxylation sites is 1. The molecule has 0 saturated carbocycles. The van der Waals surface area contributed by atoms with E-state index in [1.54, 1.807) is 18.2 Å². The number of fused-ring (bicyclic) bond motifs is 1. The summed E-state index contributed by atoms with van der Waals surface area (Å²) in [5.74, 6) is -0.224. The molecule has 140 valence electrons. The molecule has 0 unspecified atom stereocenters. The lowest BCUT2D eigenvalue weighted by Crippen LogP contribution is -2.20. The smallest absolute Gasteiger partial charge is 0.261 e. The Balaban J connectivity index is 1.88. The third-order valence-corrected chi connectivity index (χ3v) is 4.54. The van der Waals surface area contributed by atoms with Crippen molar-refractivity contribution < 1.29 is 14.3 Å². The minimum Gasteiger partial charge on any atom is -0.508 e. The van der Waals surface area contributed by atoms with E-state index in [0.717, 1.165) is 31.2 Å². The molecule has 0 bridgehead atoms. The predicted octanol–water partition coefficient (Wildman–Crippen LogP) is 4.99. The van der Waals surface area contributed by atoms with Crippen LogP contribution in [0, 0.1) is 5.41 Å². The minimum atomic E-state index is -0.394. The average molecular weight is 364 g/mol. The van der Waals surface area contributed by atoms with Crippen molar-refractivity contribution in [1.29, 1.82) is 5.41 Å². The number of unbranched alkanes of at least 4 members (excludes halogenated alkanes) is 3. The molecule has 1 heterocycles. The third kappa shape index (κ3) is 4.56. The number of carbonyl (C=O) groups excluding carboxylic acids is 1. The molecule has 0 aliphatic heterocycles. The highest BCUT2D eigenvalue weighted by Crippen LogP contribution is 2.26. The zero-order valence-corrected chi connectivity index (χ0v) is 15.4. The number of aromatic hydroxyl groups is 1. The molecule has 0 radical (unpaired) electrons. The SMILES string of the molecule is CCCCCCc1cc2cc(C(=O)Nc3ccccc3)c(=N)oc2cc1O. The summed E-state index contributed by atoms with van der Waals surface area (Å²) in [6, 6.07) is 14.1. The number of phenols is 1. The minimum absolute atomic E-state index is 0.161. The molecule has 5 nitrogen and oxygen atoms in total. The number of rotatable bonds is 7. The van der Waals surface area contributed by atoms with Crippen molar-refractivity contribution in [3.05, 3.63) is 65.2 Å². The van der Waals surface area contributed by atoms with Gasteiger partial charge in [-0.05, 0) is 42.7 Å². The van der Waals surface area contributed by atoms with Gasteiger partial charge in [-0.15, -0.1) is 0 Å². The maximum Gasteiger partial charge on any atom is 0.261 e. The van der Waals surface area contributed by atoms with Gasteiger partial charge in [-0.2, -0.15) is 0 Å². The topological polar surface area (TPSA) is 86.3 Å². The van der Waals surface area contributed by atoms with Crippen LogP contribution in [-0.4, -0.2) is 11.0 Å². The molecule has 0 atom stereocenters. The Kier molecular flexibility index (Phi) is 5.91. The second-order valence-corrected chi connectivity index (χ2v) is 6.64. The molecular weight excluding hydrogens is 340 g/mol. The van der Waals surface area contributed by atoms with Crippen molar-refractivity contribution in [2.45, 2.75) is 39.0 Å². The number of aryl methyl sites for hydroxylation is 1. The average Bonchev–Trinajstić information content (AvgIpc) is 2.66. The number of nitrogens with one attached hydrogen (secondary N) is 2. The summed E-state index contributed by atoms with van der Waals surface area (Å²) in [5, 5.41) is 21.7. The zero-order chi connectivity index (χ0) is 19.2. The molecule has 0 aliphatic carbocycles. The van der Waals surface area contributed by atoms with E-state index in [1.165, 1.54) is 12.5 Å². The van der Waals surface area contributed by atoms with E-state index in [2.05, 4.69) is 12.2 Å². The van der Waals surface area contributed by atoms with Crippen LogP contribution in [0.15, 0.2) is 52.9 Å². The highest BCUT2D eigenvalue weighted by Gasteiger charge is 2.14. The highest BCUT2D eigenvalue weighted by molar-refractivity contribution is 6.05. The largest absolute Gasteiger partial charge is 0.508 e. The van der Waals surface area contributed by atoms with Crippen LogP contribution in [0.4, 0.5) is 5.69 Å². The van der Waals surface area contributed by atoms with Crippen molar-refractivity contribution >= 4 is 22.6 Å². The van der Waals surface area contributed by atoms with Gasteiger partial charge in [0.1, 0.15) is 16.9 Å². The Morgan fingerprint density at radius 3 is 2.63 bits per heavy atom. The number of hydrogen-bond acceptors (Lipinski definition) is 4. The number of hydrogen-bond donors (Lipinski definition) is 3. The number of carbonyl (C=O) groups is 1. The molecule has 2 aromatic carbocycles. The quantitative estimate of drug-likeness (QED) is 0.516. The van der Waals surface area contributed by atoms with Crippen LogP contribution in [0.5, 0.6) is 5.75 Å². The highest BCUT2D eigenvalue weighted by atomic mass is 16.3. The molecule has 1 aromatic heterocycles. The second kappa shape index (κ2) is 8.54. The van der Waals surface area contributed by atoms with Crippen LogP contribution in [0.2, 0.25) is 0 Å². The van der Waals surface area contributed by atoms with E-state index in [-0.39, 0.29) is 16.9 Å². The van der Waals surface area contributed by atoms with Crippen molar-refractivity contribution in [3.63, 3.8) is 0 Å². The van der Waals surface area contributed by atoms with E-state index < -0.39 is 5.91 Å². The molecule has 0 fully saturated rings. The summed E-state index contributed by atoms with van der Waals surface area (Å²) < 4.78 is 5.48. The lowest BCUT2D eigenvalue weighted by Gasteiger charge is -2.09. The molecule has 0 aliphatic rings. The van der Waals surface area contributed by atoms with Crippen molar-refractivity contribution in [1.82, 2.24) is 0 Å². The molecule has 5 heteroatoms. The number of phenolic OH excluding ortho intramolecular Hbond substituents is 1.